The van der Waals surface area contributed by atoms with Crippen molar-refractivity contribution < 1.29 is 19.1 Å². The summed E-state index contributed by atoms with van der Waals surface area (Å²) in [6.45, 7) is 6.11. The van der Waals surface area contributed by atoms with Gasteiger partial charge < -0.3 is 25.4 Å². The van der Waals surface area contributed by atoms with E-state index in [1.165, 1.54) is 11.3 Å². The molecule has 2 fully saturated rings. The van der Waals surface area contributed by atoms with E-state index >= 15 is 0 Å². The van der Waals surface area contributed by atoms with E-state index in [0.717, 1.165) is 24.9 Å². The zero-order chi connectivity index (χ0) is 31.6. The van der Waals surface area contributed by atoms with Crippen LogP contribution >= 0.6 is 54.8 Å². The molecular formula is C31H30Br2ClN5O4S. The summed E-state index contributed by atoms with van der Waals surface area (Å²) in [5.74, 6) is -0.126. The number of amides is 2. The van der Waals surface area contributed by atoms with Crippen molar-refractivity contribution in [1.29, 1.82) is 0 Å². The van der Waals surface area contributed by atoms with E-state index in [-0.39, 0.29) is 18.4 Å². The predicted molar refractivity (Wildman–Crippen MR) is 179 cm³/mol. The standard InChI is InChI=1S/C31H30Br2ClN5O4S/c1-30(2,3)24(38-29-37-22(25(33)44-29)15-5-7-16(32)8-6-15)28(41)39-14-31(12-20(31)23(39)26(35)40)43-27-19-11-17(34)9-10-18(19)21(42-4)13-36-27/h5-11,13,20,23-24H,12,14H2,1-4H3,(H2,35,40)(H,37,38)/t20-,23+,24-,31+/m1/s1. The molecule has 0 bridgehead atoms. The maximum absolute atomic E-state index is 14.3. The highest BCUT2D eigenvalue weighted by Crippen LogP contribution is 2.57. The number of halogens is 3. The summed E-state index contributed by atoms with van der Waals surface area (Å²) in [6.07, 6.45) is 2.17. The number of ether oxygens (including phenoxy) is 2. The van der Waals surface area contributed by atoms with Gasteiger partial charge in [0.05, 0.1) is 29.3 Å². The molecule has 0 unspecified atom stereocenters. The Balaban J connectivity index is 1.28. The van der Waals surface area contributed by atoms with E-state index < -0.39 is 29.0 Å². The number of pyridine rings is 1. The monoisotopic (exact) mass is 761 g/mol. The van der Waals surface area contributed by atoms with Crippen LogP contribution in [0.25, 0.3) is 22.0 Å². The second kappa shape index (κ2) is 11.5. The van der Waals surface area contributed by atoms with Crippen molar-refractivity contribution in [3.63, 3.8) is 0 Å². The first-order valence-electron chi connectivity index (χ1n) is 13.9. The number of nitrogens with one attached hydrogen (secondary N) is 1. The number of hydrogen-bond acceptors (Lipinski definition) is 8. The third-order valence-corrected chi connectivity index (χ3v) is 10.6. The van der Waals surface area contributed by atoms with E-state index in [0.29, 0.717) is 33.6 Å². The summed E-state index contributed by atoms with van der Waals surface area (Å²) in [4.78, 5) is 38.0. The first kappa shape index (κ1) is 31.1. The van der Waals surface area contributed by atoms with E-state index in [2.05, 4.69) is 42.2 Å². The third kappa shape index (κ3) is 5.65. The number of fused-ring (bicyclic) bond motifs is 2. The van der Waals surface area contributed by atoms with Gasteiger partial charge in [0.15, 0.2) is 5.13 Å². The number of benzene rings is 2. The van der Waals surface area contributed by atoms with Crippen LogP contribution in [0.4, 0.5) is 5.13 Å². The molecule has 44 heavy (non-hydrogen) atoms. The number of likely N-dealkylation sites (tertiary alicyclic amines) is 1. The maximum Gasteiger partial charge on any atom is 0.246 e. The second-order valence-corrected chi connectivity index (χ2v) is 15.9. The predicted octanol–water partition coefficient (Wildman–Crippen LogP) is 6.91. The molecule has 3 heterocycles. The van der Waals surface area contributed by atoms with Gasteiger partial charge >= 0.3 is 0 Å². The Labute approximate surface area is 280 Å². The summed E-state index contributed by atoms with van der Waals surface area (Å²) < 4.78 is 13.8. The van der Waals surface area contributed by atoms with E-state index in [9.17, 15) is 9.59 Å². The Morgan fingerprint density at radius 1 is 1.18 bits per heavy atom. The largest absolute Gasteiger partial charge is 0.494 e. The highest BCUT2D eigenvalue weighted by Gasteiger charge is 2.70. The number of primary amides is 1. The topological polar surface area (TPSA) is 120 Å². The molecular weight excluding hydrogens is 734 g/mol. The molecule has 1 aliphatic carbocycles. The van der Waals surface area contributed by atoms with Crippen LogP contribution in [-0.4, -0.2) is 58.0 Å². The lowest BCUT2D eigenvalue weighted by Gasteiger charge is -2.36. The fourth-order valence-electron chi connectivity index (χ4n) is 5.90. The molecule has 4 atom stereocenters. The summed E-state index contributed by atoms with van der Waals surface area (Å²) >= 11 is 14.8. The summed E-state index contributed by atoms with van der Waals surface area (Å²) in [6, 6.07) is 11.7. The number of carbonyl (C=O) groups excluding carboxylic acids is 2. The van der Waals surface area contributed by atoms with Gasteiger partial charge in [0.2, 0.25) is 17.7 Å². The van der Waals surface area contributed by atoms with Gasteiger partial charge in [-0.25, -0.2) is 9.97 Å². The van der Waals surface area contributed by atoms with Crippen molar-refractivity contribution in [3.05, 3.63) is 61.9 Å². The number of nitrogens with two attached hydrogens (primary N) is 1. The number of anilines is 1. The van der Waals surface area contributed by atoms with E-state index in [1.807, 2.05) is 51.1 Å². The molecule has 2 amide bonds. The second-order valence-electron chi connectivity index (χ2n) is 12.2. The average molecular weight is 764 g/mol. The zero-order valence-corrected chi connectivity index (χ0v) is 29.1. The lowest BCUT2D eigenvalue weighted by Crippen LogP contribution is -2.55. The summed E-state index contributed by atoms with van der Waals surface area (Å²) in [5.41, 5.74) is 6.31. The Bertz CT molecular complexity index is 1780. The van der Waals surface area contributed by atoms with Gasteiger partial charge in [-0.1, -0.05) is 71.8 Å². The van der Waals surface area contributed by atoms with Gasteiger partial charge in [-0.05, 0) is 58.1 Å². The van der Waals surface area contributed by atoms with Crippen molar-refractivity contribution in [1.82, 2.24) is 14.9 Å². The van der Waals surface area contributed by atoms with Crippen molar-refractivity contribution in [2.45, 2.75) is 44.9 Å². The van der Waals surface area contributed by atoms with Gasteiger partial charge in [-0.15, -0.1) is 0 Å². The maximum atomic E-state index is 14.3. The Hall–Kier alpha value is -2.93. The van der Waals surface area contributed by atoms with E-state index in [4.69, 9.17) is 31.8 Å². The first-order valence-corrected chi connectivity index (χ1v) is 16.7. The van der Waals surface area contributed by atoms with Gasteiger partial charge in [0.25, 0.3) is 0 Å². The van der Waals surface area contributed by atoms with Gasteiger partial charge in [-0.3, -0.25) is 9.59 Å². The molecule has 13 heteroatoms. The fourth-order valence-corrected chi connectivity index (χ4v) is 7.86. The Morgan fingerprint density at radius 3 is 2.57 bits per heavy atom. The number of thiazole rings is 1. The number of methoxy groups -OCH3 is 1. The van der Waals surface area contributed by atoms with Gasteiger partial charge in [-0.2, -0.15) is 0 Å². The zero-order valence-electron chi connectivity index (χ0n) is 24.4. The molecule has 9 nitrogen and oxygen atoms in total. The van der Waals surface area contributed by atoms with Gasteiger partial charge in [0, 0.05) is 31.7 Å². The van der Waals surface area contributed by atoms with Crippen LogP contribution in [0.1, 0.15) is 27.2 Å². The van der Waals surface area contributed by atoms with Crippen LogP contribution in [0.5, 0.6) is 11.6 Å². The van der Waals surface area contributed by atoms with Crippen LogP contribution in [0.3, 0.4) is 0 Å². The van der Waals surface area contributed by atoms with Crippen LogP contribution in [0, 0.1) is 11.3 Å². The lowest BCUT2D eigenvalue weighted by molar-refractivity contribution is -0.141. The van der Waals surface area contributed by atoms with Gasteiger partial charge in [0.1, 0.15) is 23.4 Å². The van der Waals surface area contributed by atoms with Crippen LogP contribution in [0.15, 0.2) is 56.9 Å². The minimum atomic E-state index is -0.816. The Kier molecular flexibility index (Phi) is 8.09. The summed E-state index contributed by atoms with van der Waals surface area (Å²) in [7, 11) is 1.57. The molecule has 1 saturated carbocycles. The minimum Gasteiger partial charge on any atom is -0.494 e. The van der Waals surface area contributed by atoms with Crippen LogP contribution < -0.4 is 20.5 Å². The number of rotatable bonds is 8. The fraction of sp³-hybridized carbons (Fsp3) is 0.355. The molecule has 6 rings (SSSR count). The number of hydrogen-bond donors (Lipinski definition) is 2. The van der Waals surface area contributed by atoms with Crippen molar-refractivity contribution >= 4 is 82.5 Å². The first-order chi connectivity index (χ1) is 20.8. The number of carbonyl (C=O) groups is 2. The molecule has 230 valence electrons. The quantitative estimate of drug-likeness (QED) is 0.200. The molecule has 1 saturated heterocycles. The van der Waals surface area contributed by atoms with Crippen molar-refractivity contribution in [2.75, 3.05) is 19.0 Å². The molecule has 1 aliphatic heterocycles. The molecule has 0 spiro atoms. The SMILES string of the molecule is COc1cnc(O[C@]23C[C@@H]2[C@@H](C(N)=O)N(C(=O)[C@@H](Nc2nc(-c4ccc(Br)cc4)c(Br)s2)C(C)(C)C)C3)c2cc(Cl)ccc12. The number of aromatic nitrogens is 2. The molecule has 2 aromatic carbocycles. The smallest absolute Gasteiger partial charge is 0.246 e. The normalized spacial score (nSPS) is 21.6. The average Bonchev–Trinajstić information content (AvgIpc) is 3.35. The summed E-state index contributed by atoms with van der Waals surface area (Å²) in [5, 5.41) is 5.96. The lowest BCUT2D eigenvalue weighted by atomic mass is 9.85. The third-order valence-electron chi connectivity index (χ3n) is 8.19. The van der Waals surface area contributed by atoms with Crippen molar-refractivity contribution in [2.24, 2.45) is 17.1 Å². The molecule has 2 aromatic heterocycles. The highest BCUT2D eigenvalue weighted by molar-refractivity contribution is 9.11. The highest BCUT2D eigenvalue weighted by atomic mass is 79.9. The van der Waals surface area contributed by atoms with Crippen molar-refractivity contribution in [3.8, 4) is 22.9 Å². The molecule has 3 N–H and O–H groups in total. The van der Waals surface area contributed by atoms with E-state index in [1.54, 1.807) is 30.3 Å². The number of nitrogens with zero attached hydrogens (tertiary/aromatic N) is 3. The Morgan fingerprint density at radius 2 is 1.91 bits per heavy atom. The van der Waals surface area contributed by atoms with Crippen LogP contribution in [0.2, 0.25) is 5.02 Å². The molecule has 0 radical (unpaired) electrons. The molecule has 2 aliphatic rings. The minimum absolute atomic E-state index is 0.194. The number of piperidine rings is 1. The van der Waals surface area contributed by atoms with Crippen LogP contribution in [-0.2, 0) is 9.59 Å². The molecule has 4 aromatic rings.